The first-order chi connectivity index (χ1) is 32.2. The second kappa shape index (κ2) is 19.6. The van der Waals surface area contributed by atoms with E-state index in [0.29, 0.717) is 62.2 Å². The molecule has 6 bridgehead atoms. The molecule has 3 aromatic carbocycles. The fourth-order valence-corrected chi connectivity index (χ4v) is 9.81. The van der Waals surface area contributed by atoms with Gasteiger partial charge in [0.05, 0.1) is 36.1 Å². The number of nitrogens with zero attached hydrogens (tertiary/aromatic N) is 5. The van der Waals surface area contributed by atoms with Gasteiger partial charge in [-0.1, -0.05) is 44.7 Å². The van der Waals surface area contributed by atoms with Crippen LogP contribution < -0.4 is 15.6 Å². The van der Waals surface area contributed by atoms with Gasteiger partial charge in [-0.25, -0.2) is 5.43 Å². The number of hydrogen-bond donors (Lipinski definition) is 3. The quantitative estimate of drug-likeness (QED) is 0.114. The molecule has 3 N–H and O–H groups in total. The Morgan fingerprint density at radius 3 is 2.64 bits per heavy atom. The van der Waals surface area contributed by atoms with Crippen LogP contribution in [0.5, 0.6) is 5.75 Å². The molecular weight excluding hydrogens is 851 g/mol. The van der Waals surface area contributed by atoms with Gasteiger partial charge >= 0.3 is 5.97 Å². The van der Waals surface area contributed by atoms with E-state index in [4.69, 9.17) is 9.47 Å². The second-order valence-corrected chi connectivity index (χ2v) is 18.5. The van der Waals surface area contributed by atoms with E-state index in [9.17, 15) is 29.1 Å². The summed E-state index contributed by atoms with van der Waals surface area (Å²) in [6.07, 6.45) is 6.79. The zero-order valence-corrected chi connectivity index (χ0v) is 38.8. The number of methoxy groups -OCH3 is 1. The largest absolute Gasteiger partial charge is 0.508 e. The summed E-state index contributed by atoms with van der Waals surface area (Å²) >= 11 is 0. The van der Waals surface area contributed by atoms with Gasteiger partial charge in [0.2, 0.25) is 11.8 Å². The number of ether oxygens (including phenoxy) is 2. The number of amides is 4. The predicted octanol–water partition coefficient (Wildman–Crippen LogP) is 6.20. The van der Waals surface area contributed by atoms with E-state index in [0.717, 1.165) is 38.9 Å². The molecule has 0 spiro atoms. The second-order valence-electron chi connectivity index (χ2n) is 18.5. The molecule has 2 fully saturated rings. The minimum Gasteiger partial charge on any atom is -0.508 e. The maximum atomic E-state index is 14.7. The summed E-state index contributed by atoms with van der Waals surface area (Å²) in [7, 11) is 3.26. The Bertz CT molecular complexity index is 2750. The summed E-state index contributed by atoms with van der Waals surface area (Å²) in [6, 6.07) is 18.0. The number of pyridine rings is 1. The van der Waals surface area contributed by atoms with Crippen molar-refractivity contribution in [3.05, 3.63) is 114 Å². The number of likely N-dealkylation sites (tertiary alicyclic amines) is 1. The minimum atomic E-state index is -1.18. The molecule has 3 atom stereocenters. The highest BCUT2D eigenvalue weighted by Gasteiger charge is 2.37. The van der Waals surface area contributed by atoms with Crippen molar-refractivity contribution in [1.82, 2.24) is 30.2 Å². The third kappa shape index (κ3) is 9.70. The van der Waals surface area contributed by atoms with E-state index in [1.165, 1.54) is 16.0 Å². The lowest BCUT2D eigenvalue weighted by Gasteiger charge is -2.35. The van der Waals surface area contributed by atoms with Crippen molar-refractivity contribution >= 4 is 46.2 Å². The van der Waals surface area contributed by atoms with Gasteiger partial charge in [-0.15, -0.1) is 0 Å². The van der Waals surface area contributed by atoms with Crippen LogP contribution in [0.4, 0.5) is 5.69 Å². The van der Waals surface area contributed by atoms with Crippen molar-refractivity contribution in [2.75, 3.05) is 45.3 Å². The van der Waals surface area contributed by atoms with Gasteiger partial charge in [-0.2, -0.15) is 0 Å². The first-order valence-corrected chi connectivity index (χ1v) is 22.9. The lowest BCUT2D eigenvalue weighted by molar-refractivity contribution is -0.155. The van der Waals surface area contributed by atoms with Crippen LogP contribution in [0.3, 0.4) is 0 Å². The van der Waals surface area contributed by atoms with Crippen LogP contribution in [0, 0.1) is 11.3 Å². The van der Waals surface area contributed by atoms with Crippen molar-refractivity contribution < 1.29 is 38.6 Å². The number of benzene rings is 3. The Morgan fingerprint density at radius 2 is 1.87 bits per heavy atom. The molecule has 8 rings (SSSR count). The summed E-state index contributed by atoms with van der Waals surface area (Å²) in [5.74, 6) is -2.56. The van der Waals surface area contributed by atoms with Crippen LogP contribution in [0.1, 0.15) is 67.1 Å². The minimum absolute atomic E-state index is 0.0167. The van der Waals surface area contributed by atoms with Crippen LogP contribution in [-0.2, 0) is 54.6 Å². The lowest BCUT2D eigenvalue weighted by Crippen LogP contribution is -2.60. The summed E-state index contributed by atoms with van der Waals surface area (Å²) in [6.45, 7) is 11.9. The monoisotopic (exact) mass is 909 g/mol. The maximum absolute atomic E-state index is 14.7. The van der Waals surface area contributed by atoms with Gasteiger partial charge < -0.3 is 34.3 Å². The number of hydrogen-bond acceptors (Lipinski definition) is 10. The molecule has 15 nitrogen and oxygen atoms in total. The van der Waals surface area contributed by atoms with E-state index in [1.54, 1.807) is 61.7 Å². The molecule has 4 amide bonds. The molecular formula is C52H59N7O8. The summed E-state index contributed by atoms with van der Waals surface area (Å²) in [4.78, 5) is 76.8. The molecule has 350 valence electrons. The highest BCUT2D eigenvalue weighted by Crippen LogP contribution is 2.41. The van der Waals surface area contributed by atoms with Crippen LogP contribution in [0.2, 0.25) is 0 Å². The fraction of sp³-hybridized carbons (Fsp3) is 0.385. The van der Waals surface area contributed by atoms with E-state index in [1.807, 2.05) is 24.4 Å². The number of anilines is 1. The van der Waals surface area contributed by atoms with Gasteiger partial charge in [0.25, 0.3) is 11.8 Å². The molecule has 5 heterocycles. The average molecular weight is 910 g/mol. The SMILES string of the molecule is C=CC(=O)N1CCC(C(=O)N(C)c2ccccc2C(=O)N[C@H]2Cc3cc(O)cc(c3)-c3ccc4c(c3)c(c(-c3cnccc3COC)n4CC)CC(C)(C)COC(=O)[C@@H]3CCCN(N3)C2=O)C1. The highest BCUT2D eigenvalue weighted by molar-refractivity contribution is 6.06. The van der Waals surface area contributed by atoms with Gasteiger partial charge in [0.15, 0.2) is 0 Å². The third-order valence-electron chi connectivity index (χ3n) is 13.2. The first kappa shape index (κ1) is 46.7. The van der Waals surface area contributed by atoms with Gasteiger partial charge in [0.1, 0.15) is 17.8 Å². The number of carbonyl (C=O) groups is 5. The average Bonchev–Trinajstić information content (AvgIpc) is 3.95. The van der Waals surface area contributed by atoms with Gasteiger partial charge in [0, 0.05) is 81.0 Å². The van der Waals surface area contributed by atoms with Crippen molar-refractivity contribution in [2.45, 2.75) is 78.1 Å². The normalized spacial score (nSPS) is 19.7. The van der Waals surface area contributed by atoms with Crippen LogP contribution in [0.25, 0.3) is 33.3 Å². The number of phenols is 1. The summed E-state index contributed by atoms with van der Waals surface area (Å²) in [5.41, 5.74) is 10.2. The van der Waals surface area contributed by atoms with Gasteiger partial charge in [-0.05, 0) is 109 Å². The third-order valence-corrected chi connectivity index (χ3v) is 13.2. The number of esters is 1. The Kier molecular flexibility index (Phi) is 13.6. The number of phenolic OH excluding ortho intramolecular Hbond substituents is 1. The Morgan fingerprint density at radius 1 is 1.06 bits per heavy atom. The number of aromatic hydroxyl groups is 1. The highest BCUT2D eigenvalue weighted by atomic mass is 16.5. The number of fused-ring (bicyclic) bond motifs is 6. The molecule has 1 unspecified atom stereocenters. The van der Waals surface area contributed by atoms with Crippen molar-refractivity contribution in [1.29, 1.82) is 0 Å². The van der Waals surface area contributed by atoms with E-state index >= 15 is 0 Å². The van der Waals surface area contributed by atoms with Crippen molar-refractivity contribution in [3.63, 3.8) is 0 Å². The maximum Gasteiger partial charge on any atom is 0.324 e. The summed E-state index contributed by atoms with van der Waals surface area (Å²) in [5, 5.41) is 16.7. The Hall–Kier alpha value is -6.84. The predicted molar refractivity (Wildman–Crippen MR) is 255 cm³/mol. The van der Waals surface area contributed by atoms with Gasteiger partial charge in [-0.3, -0.25) is 34.0 Å². The molecule has 0 saturated carbocycles. The van der Waals surface area contributed by atoms with Crippen LogP contribution in [-0.4, -0.2) is 107 Å². The molecule has 15 heteroatoms. The molecule has 67 heavy (non-hydrogen) atoms. The molecule has 0 radical (unpaired) electrons. The van der Waals surface area contributed by atoms with E-state index in [2.05, 4.69) is 59.8 Å². The number of para-hydroxylation sites is 1. The topological polar surface area (TPSA) is 176 Å². The van der Waals surface area contributed by atoms with Crippen LogP contribution in [0.15, 0.2) is 91.8 Å². The fourth-order valence-electron chi connectivity index (χ4n) is 9.81. The van der Waals surface area contributed by atoms with E-state index < -0.39 is 41.2 Å². The molecule has 0 aliphatic carbocycles. The zero-order chi connectivity index (χ0) is 47.6. The lowest BCUT2D eigenvalue weighted by atomic mass is 9.84. The number of hydrazine groups is 1. The Labute approximate surface area is 390 Å². The van der Waals surface area contributed by atoms with Crippen molar-refractivity contribution in [3.8, 4) is 28.1 Å². The number of rotatable bonds is 9. The smallest absolute Gasteiger partial charge is 0.324 e. The molecule has 3 aliphatic heterocycles. The van der Waals surface area contributed by atoms with Crippen molar-refractivity contribution in [2.24, 2.45) is 11.3 Å². The number of nitrogens with one attached hydrogen (secondary N) is 2. The standard InChI is InChI=1S/C52H59N7O8/c1-7-46(61)57-21-18-34(29-57)49(63)56(5)44-14-10-9-12-38(44)48(62)54-43-24-32-22-36(25-37(60)23-32)33-15-16-45-39(26-33)40(47(58(45)8-2)41-28-53-19-17-35(41)30-66-6)27-52(3,4)31-67-51(65)42-13-11-20-59(55-42)50(43)64/h7,9-10,12,14-17,19,22-23,25-26,28,34,42-43,55,60H,1,8,11,13,18,20-21,24,27,29-31H2,2-6H3,(H,54,62)/t34?,42-,43-/m0/s1. The van der Waals surface area contributed by atoms with E-state index in [-0.39, 0.29) is 49.2 Å². The molecule has 3 aliphatic rings. The molecule has 2 aromatic heterocycles. The number of aryl methyl sites for hydroxylation is 1. The van der Waals surface area contributed by atoms with Crippen LogP contribution >= 0.6 is 0 Å². The number of carbonyl (C=O) groups excluding carboxylic acids is 5. The zero-order valence-electron chi connectivity index (χ0n) is 38.8. The number of cyclic esters (lactones) is 1. The Balaban J connectivity index is 1.19. The number of aromatic nitrogens is 2. The molecule has 5 aromatic rings. The first-order valence-electron chi connectivity index (χ1n) is 22.9. The summed E-state index contributed by atoms with van der Waals surface area (Å²) < 4.78 is 14.0. The molecule has 2 saturated heterocycles.